The van der Waals surface area contributed by atoms with E-state index in [1.54, 1.807) is 0 Å². The topological polar surface area (TPSA) is 78.9 Å². The van der Waals surface area contributed by atoms with Gasteiger partial charge >= 0.3 is 17.9 Å². The monoisotopic (exact) mass is 1100 g/mol. The molecule has 0 aliphatic carbocycles. The lowest BCUT2D eigenvalue weighted by Gasteiger charge is -2.18. The fourth-order valence-electron chi connectivity index (χ4n) is 9.80. The van der Waals surface area contributed by atoms with Crippen molar-refractivity contribution in [2.75, 3.05) is 13.2 Å². The highest BCUT2D eigenvalue weighted by Crippen LogP contribution is 2.18. The van der Waals surface area contributed by atoms with Crippen molar-refractivity contribution in [2.45, 2.75) is 348 Å². The summed E-state index contributed by atoms with van der Waals surface area (Å²) in [4.78, 5) is 38.4. The number of hydrogen-bond acceptors (Lipinski definition) is 6. The van der Waals surface area contributed by atoms with Gasteiger partial charge in [-0.25, -0.2) is 0 Å². The first kappa shape index (κ1) is 75.6. The van der Waals surface area contributed by atoms with E-state index in [-0.39, 0.29) is 31.1 Å². The smallest absolute Gasteiger partial charge is 0.306 e. The molecule has 0 heterocycles. The van der Waals surface area contributed by atoms with Gasteiger partial charge in [0, 0.05) is 19.3 Å². The molecule has 6 nitrogen and oxygen atoms in total. The van der Waals surface area contributed by atoms with Gasteiger partial charge in [-0.3, -0.25) is 14.4 Å². The number of hydrogen-bond donors (Lipinski definition) is 0. The maximum absolute atomic E-state index is 12.9. The second kappa shape index (κ2) is 67.1. The Morgan fingerprint density at radius 3 is 0.810 bits per heavy atom. The van der Waals surface area contributed by atoms with Crippen molar-refractivity contribution in [3.8, 4) is 0 Å². The molecule has 0 amide bonds. The molecule has 79 heavy (non-hydrogen) atoms. The molecule has 0 bridgehead atoms. The predicted octanol–water partition coefficient (Wildman–Crippen LogP) is 23.4. The number of carbonyl (C=O) groups excluding carboxylic acids is 3. The number of allylic oxidation sites excluding steroid dienone is 14. The standard InChI is InChI=1S/C73H128O6/c1-4-7-10-13-16-19-22-25-27-29-31-33-35-37-39-40-42-44-46-48-51-54-57-60-63-66-72(75)78-69-70(68-77-71(74)65-62-59-56-53-50-24-21-18-15-12-9-6-3)79-73(76)67-64-61-58-55-52-49-47-45-43-41-38-36-34-32-30-28-26-23-20-17-14-11-8-5-2/h7,10,16,18-19,21,25,27,31,33,37,39,42,44,70H,4-6,8-9,11-15,17,20,22-24,26,28-30,32,34-36,38,40-41,43,45-69H2,1-3H3/b10-7-,19-16-,21-18-,27-25-,33-31-,39-37-,44-42-. The van der Waals surface area contributed by atoms with Crippen LogP contribution in [0.25, 0.3) is 0 Å². The van der Waals surface area contributed by atoms with Crippen LogP contribution in [-0.2, 0) is 28.6 Å². The van der Waals surface area contributed by atoms with E-state index in [2.05, 4.69) is 106 Å². The average molecular weight is 1100 g/mol. The lowest BCUT2D eigenvalue weighted by molar-refractivity contribution is -0.167. The number of carbonyl (C=O) groups is 3. The van der Waals surface area contributed by atoms with Crippen LogP contribution in [0.4, 0.5) is 0 Å². The van der Waals surface area contributed by atoms with Crippen molar-refractivity contribution in [3.63, 3.8) is 0 Å². The fraction of sp³-hybridized carbons (Fsp3) is 0.767. The molecule has 0 fully saturated rings. The van der Waals surface area contributed by atoms with Crippen LogP contribution >= 0.6 is 0 Å². The van der Waals surface area contributed by atoms with E-state index in [1.165, 1.54) is 186 Å². The quantitative estimate of drug-likeness (QED) is 0.0261. The zero-order chi connectivity index (χ0) is 57.1. The molecular formula is C73H128O6. The van der Waals surface area contributed by atoms with Crippen LogP contribution in [0, 0.1) is 0 Å². The molecule has 1 atom stereocenters. The fourth-order valence-corrected chi connectivity index (χ4v) is 9.80. The zero-order valence-corrected chi connectivity index (χ0v) is 52.4. The first-order chi connectivity index (χ1) is 39.0. The Morgan fingerprint density at radius 2 is 0.494 bits per heavy atom. The Hall–Kier alpha value is -3.41. The Labute approximate surface area is 490 Å². The Kier molecular flexibility index (Phi) is 64.2. The van der Waals surface area contributed by atoms with E-state index >= 15 is 0 Å². The van der Waals surface area contributed by atoms with Gasteiger partial charge in [-0.2, -0.15) is 0 Å². The number of unbranched alkanes of at least 4 members (excludes halogenated alkanes) is 37. The lowest BCUT2D eigenvalue weighted by atomic mass is 10.0. The Bertz CT molecular complexity index is 1500. The van der Waals surface area contributed by atoms with Crippen LogP contribution in [0.1, 0.15) is 342 Å². The highest BCUT2D eigenvalue weighted by molar-refractivity contribution is 5.71. The SMILES string of the molecule is CC/C=C\C/C=C\C/C=C\C/C=C\C/C=C\C/C=C\CCCCCCCCC(=O)OCC(COC(=O)CCCCCCC/C=C\CCCCC)OC(=O)CCCCCCCCCCCCCCCCCCCCCCCCCC. The molecule has 0 radical (unpaired) electrons. The summed E-state index contributed by atoms with van der Waals surface area (Å²) in [6.45, 7) is 6.53. The first-order valence-corrected chi connectivity index (χ1v) is 34.1. The third kappa shape index (κ3) is 65.3. The van der Waals surface area contributed by atoms with Crippen LogP contribution < -0.4 is 0 Å². The van der Waals surface area contributed by atoms with E-state index in [0.29, 0.717) is 19.3 Å². The summed E-state index contributed by atoms with van der Waals surface area (Å²) in [5.74, 6) is -0.890. The van der Waals surface area contributed by atoms with Crippen molar-refractivity contribution in [1.82, 2.24) is 0 Å². The second-order valence-corrected chi connectivity index (χ2v) is 22.7. The third-order valence-electron chi connectivity index (χ3n) is 14.9. The van der Waals surface area contributed by atoms with Gasteiger partial charge in [-0.1, -0.05) is 311 Å². The highest BCUT2D eigenvalue weighted by atomic mass is 16.6. The lowest BCUT2D eigenvalue weighted by Crippen LogP contribution is -2.30. The second-order valence-electron chi connectivity index (χ2n) is 22.7. The van der Waals surface area contributed by atoms with Gasteiger partial charge in [0.2, 0.25) is 0 Å². The molecule has 0 aliphatic rings. The highest BCUT2D eigenvalue weighted by Gasteiger charge is 2.19. The molecular weight excluding hydrogens is 973 g/mol. The average Bonchev–Trinajstić information content (AvgIpc) is 3.45. The molecule has 0 aromatic rings. The molecule has 0 saturated carbocycles. The van der Waals surface area contributed by atoms with Crippen molar-refractivity contribution in [1.29, 1.82) is 0 Å². The maximum Gasteiger partial charge on any atom is 0.306 e. The van der Waals surface area contributed by atoms with E-state index in [1.807, 2.05) is 0 Å². The van der Waals surface area contributed by atoms with Gasteiger partial charge in [0.15, 0.2) is 6.10 Å². The van der Waals surface area contributed by atoms with Crippen LogP contribution in [0.15, 0.2) is 85.1 Å². The Morgan fingerprint density at radius 1 is 0.266 bits per heavy atom. The maximum atomic E-state index is 12.9. The van der Waals surface area contributed by atoms with Crippen LogP contribution in [0.2, 0.25) is 0 Å². The molecule has 0 aromatic heterocycles. The molecule has 456 valence electrons. The number of rotatable bonds is 62. The van der Waals surface area contributed by atoms with Gasteiger partial charge < -0.3 is 14.2 Å². The zero-order valence-electron chi connectivity index (χ0n) is 52.4. The first-order valence-electron chi connectivity index (χ1n) is 34.1. The minimum Gasteiger partial charge on any atom is -0.462 e. The van der Waals surface area contributed by atoms with E-state index in [9.17, 15) is 14.4 Å². The van der Waals surface area contributed by atoms with Crippen molar-refractivity contribution < 1.29 is 28.6 Å². The predicted molar refractivity (Wildman–Crippen MR) is 344 cm³/mol. The normalized spacial score (nSPS) is 12.6. The van der Waals surface area contributed by atoms with Gasteiger partial charge in [0.1, 0.15) is 13.2 Å². The summed E-state index contributed by atoms with van der Waals surface area (Å²) in [5.41, 5.74) is 0. The van der Waals surface area contributed by atoms with Crippen molar-refractivity contribution in [2.24, 2.45) is 0 Å². The summed E-state index contributed by atoms with van der Waals surface area (Å²) >= 11 is 0. The summed E-state index contributed by atoms with van der Waals surface area (Å²) in [7, 11) is 0. The largest absolute Gasteiger partial charge is 0.462 e. The molecule has 0 aliphatic heterocycles. The van der Waals surface area contributed by atoms with Crippen molar-refractivity contribution >= 4 is 17.9 Å². The minimum absolute atomic E-state index is 0.0829. The van der Waals surface area contributed by atoms with Crippen LogP contribution in [0.3, 0.4) is 0 Å². The molecule has 6 heteroatoms. The van der Waals surface area contributed by atoms with Crippen LogP contribution in [-0.4, -0.2) is 37.2 Å². The van der Waals surface area contributed by atoms with Crippen molar-refractivity contribution in [3.05, 3.63) is 85.1 Å². The Balaban J connectivity index is 4.30. The summed E-state index contributed by atoms with van der Waals surface area (Å²) in [6, 6.07) is 0. The summed E-state index contributed by atoms with van der Waals surface area (Å²) in [5, 5.41) is 0. The molecule has 0 saturated heterocycles. The molecule has 0 N–H and O–H groups in total. The number of ether oxygens (including phenoxy) is 3. The van der Waals surface area contributed by atoms with Gasteiger partial charge in [-0.05, 0) is 96.3 Å². The molecule has 0 aromatic carbocycles. The molecule has 1 unspecified atom stereocenters. The minimum atomic E-state index is -0.786. The number of esters is 3. The molecule has 0 rings (SSSR count). The van der Waals surface area contributed by atoms with E-state index in [4.69, 9.17) is 14.2 Å². The summed E-state index contributed by atoms with van der Waals surface area (Å²) < 4.78 is 16.9. The summed E-state index contributed by atoms with van der Waals surface area (Å²) in [6.07, 6.45) is 88.9. The molecule has 0 spiro atoms. The van der Waals surface area contributed by atoms with E-state index < -0.39 is 6.10 Å². The van der Waals surface area contributed by atoms with Gasteiger partial charge in [0.05, 0.1) is 0 Å². The van der Waals surface area contributed by atoms with Gasteiger partial charge in [0.25, 0.3) is 0 Å². The van der Waals surface area contributed by atoms with Crippen LogP contribution in [0.5, 0.6) is 0 Å². The third-order valence-corrected chi connectivity index (χ3v) is 14.9. The van der Waals surface area contributed by atoms with Gasteiger partial charge in [-0.15, -0.1) is 0 Å². The van der Waals surface area contributed by atoms with E-state index in [0.717, 1.165) is 116 Å².